The zero-order valence-electron chi connectivity index (χ0n) is 16.5. The van der Waals surface area contributed by atoms with Crippen molar-refractivity contribution in [1.82, 2.24) is 9.88 Å². The second-order valence-electron chi connectivity index (χ2n) is 7.50. The highest BCUT2D eigenvalue weighted by Gasteiger charge is 2.30. The fourth-order valence-corrected chi connectivity index (χ4v) is 5.13. The summed E-state index contributed by atoms with van der Waals surface area (Å²) >= 11 is 1.65. The Morgan fingerprint density at radius 1 is 1.24 bits per heavy atom. The minimum atomic E-state index is -0.418. The number of aryl methyl sites for hydroxylation is 1. The zero-order chi connectivity index (χ0) is 20.4. The van der Waals surface area contributed by atoms with Crippen molar-refractivity contribution in [1.29, 1.82) is 0 Å². The second kappa shape index (κ2) is 8.49. The number of benzene rings is 1. The van der Waals surface area contributed by atoms with E-state index in [-0.39, 0.29) is 23.4 Å². The average molecular weight is 417 g/mol. The maximum atomic E-state index is 13.8. The van der Waals surface area contributed by atoms with Crippen LogP contribution < -0.4 is 10.2 Å². The third-order valence-corrected chi connectivity index (χ3v) is 6.82. The molecule has 6 nitrogen and oxygen atoms in total. The lowest BCUT2D eigenvalue weighted by Gasteiger charge is -2.34. The van der Waals surface area contributed by atoms with Gasteiger partial charge in [0.2, 0.25) is 11.8 Å². The molecule has 1 N–H and O–H groups in total. The number of hydrogen-bond donors (Lipinski definition) is 1. The van der Waals surface area contributed by atoms with Crippen LogP contribution >= 0.6 is 11.3 Å². The van der Waals surface area contributed by atoms with Gasteiger partial charge in [0.05, 0.1) is 11.4 Å². The van der Waals surface area contributed by atoms with Crippen molar-refractivity contribution >= 4 is 34.0 Å². The van der Waals surface area contributed by atoms with E-state index in [2.05, 4.69) is 10.2 Å². The molecule has 1 unspecified atom stereocenters. The Morgan fingerprint density at radius 2 is 2.00 bits per heavy atom. The molecule has 1 aliphatic carbocycles. The number of carbonyl (C=O) groups is 2. The van der Waals surface area contributed by atoms with Crippen LogP contribution in [0.1, 0.15) is 30.3 Å². The Hall–Kier alpha value is -2.48. The van der Waals surface area contributed by atoms with Gasteiger partial charge in [-0.3, -0.25) is 9.59 Å². The summed E-state index contributed by atoms with van der Waals surface area (Å²) in [6.45, 7) is 4.92. The fourth-order valence-electron chi connectivity index (χ4n) is 3.89. The molecule has 2 heterocycles. The van der Waals surface area contributed by atoms with Crippen LogP contribution in [-0.2, 0) is 22.4 Å². The van der Waals surface area contributed by atoms with Gasteiger partial charge in [-0.15, -0.1) is 11.3 Å². The summed E-state index contributed by atoms with van der Waals surface area (Å²) < 4.78 is 13.8. The molecule has 0 radical (unpaired) electrons. The van der Waals surface area contributed by atoms with E-state index >= 15 is 0 Å². The molecule has 1 aromatic heterocycles. The van der Waals surface area contributed by atoms with Crippen molar-refractivity contribution in [3.8, 4) is 0 Å². The summed E-state index contributed by atoms with van der Waals surface area (Å²) in [6.07, 6.45) is 2.66. The molecule has 1 aliphatic heterocycles. The summed E-state index contributed by atoms with van der Waals surface area (Å²) in [4.78, 5) is 34.6. The number of halogens is 1. The van der Waals surface area contributed by atoms with Crippen molar-refractivity contribution in [2.45, 2.75) is 32.6 Å². The summed E-state index contributed by atoms with van der Waals surface area (Å²) in [5.41, 5.74) is 1.31. The first kappa shape index (κ1) is 19.8. The molecular weight excluding hydrogens is 391 g/mol. The van der Waals surface area contributed by atoms with Crippen LogP contribution in [-0.4, -0.2) is 47.9 Å². The number of aromatic nitrogens is 1. The Bertz CT molecular complexity index is 908. The van der Waals surface area contributed by atoms with Gasteiger partial charge in [-0.1, -0.05) is 19.1 Å². The van der Waals surface area contributed by atoms with Crippen LogP contribution in [0.2, 0.25) is 0 Å². The van der Waals surface area contributed by atoms with Crippen LogP contribution in [0.5, 0.6) is 0 Å². The first-order valence-corrected chi connectivity index (χ1v) is 10.9. The van der Waals surface area contributed by atoms with Crippen molar-refractivity contribution < 1.29 is 14.0 Å². The number of hydrogen-bond acceptors (Lipinski definition) is 5. The molecular formula is C21H25FN4O2S. The molecule has 1 saturated heterocycles. The molecule has 0 bridgehead atoms. The normalized spacial score (nSPS) is 19.0. The van der Waals surface area contributed by atoms with Crippen LogP contribution in [0.25, 0.3) is 0 Å². The van der Waals surface area contributed by atoms with E-state index in [1.54, 1.807) is 29.5 Å². The van der Waals surface area contributed by atoms with E-state index in [9.17, 15) is 14.0 Å². The molecule has 29 heavy (non-hydrogen) atoms. The average Bonchev–Trinajstić information content (AvgIpc) is 3.18. The molecule has 0 spiro atoms. The van der Waals surface area contributed by atoms with Crippen LogP contribution in [0.15, 0.2) is 24.3 Å². The molecule has 0 saturated carbocycles. The van der Waals surface area contributed by atoms with Crippen molar-refractivity contribution in [2.75, 3.05) is 36.4 Å². The Morgan fingerprint density at radius 3 is 2.72 bits per heavy atom. The number of carbonyl (C=O) groups excluding carboxylic acids is 2. The third kappa shape index (κ3) is 4.27. The largest absolute Gasteiger partial charge is 0.345 e. The number of para-hydroxylation sites is 1. The first-order valence-electron chi connectivity index (χ1n) is 10.1. The summed E-state index contributed by atoms with van der Waals surface area (Å²) in [6, 6.07) is 6.24. The number of rotatable bonds is 4. The number of fused-ring (bicyclic) bond motifs is 1. The quantitative estimate of drug-likeness (QED) is 0.832. The number of thiazole rings is 1. The highest BCUT2D eigenvalue weighted by atomic mass is 32.1. The molecule has 8 heteroatoms. The fraction of sp³-hybridized carbons (Fsp3) is 0.476. The highest BCUT2D eigenvalue weighted by molar-refractivity contribution is 7.15. The van der Waals surface area contributed by atoms with Crippen LogP contribution in [0.3, 0.4) is 0 Å². The van der Waals surface area contributed by atoms with Gasteiger partial charge in [0, 0.05) is 43.4 Å². The number of nitrogens with one attached hydrogen (secondary N) is 1. The minimum Gasteiger partial charge on any atom is -0.345 e. The molecule has 2 aliphatic rings. The van der Waals surface area contributed by atoms with Crippen LogP contribution in [0, 0.1) is 11.7 Å². The van der Waals surface area contributed by atoms with E-state index in [1.165, 1.54) is 6.07 Å². The number of anilines is 2. The van der Waals surface area contributed by atoms with Gasteiger partial charge in [-0.2, -0.15) is 0 Å². The van der Waals surface area contributed by atoms with Gasteiger partial charge in [0.1, 0.15) is 5.82 Å². The Labute approximate surface area is 173 Å². The molecule has 1 aromatic carbocycles. The van der Waals surface area contributed by atoms with Gasteiger partial charge >= 0.3 is 0 Å². The lowest BCUT2D eigenvalue weighted by molar-refractivity contribution is -0.131. The second-order valence-corrected chi connectivity index (χ2v) is 8.56. The molecule has 4 rings (SSSR count). The smallest absolute Gasteiger partial charge is 0.227 e. The number of piperazine rings is 1. The van der Waals surface area contributed by atoms with Gasteiger partial charge in [0.15, 0.2) is 5.13 Å². The van der Waals surface area contributed by atoms with E-state index in [1.807, 2.05) is 11.8 Å². The number of nitrogens with zero attached hydrogens (tertiary/aromatic N) is 3. The minimum absolute atomic E-state index is 0.137. The summed E-state index contributed by atoms with van der Waals surface area (Å²) in [5.74, 6) is -0.526. The maximum absolute atomic E-state index is 13.8. The van der Waals surface area contributed by atoms with E-state index in [0.29, 0.717) is 12.8 Å². The predicted molar refractivity (Wildman–Crippen MR) is 112 cm³/mol. The Kier molecular flexibility index (Phi) is 5.80. The first-order chi connectivity index (χ1) is 14.0. The van der Waals surface area contributed by atoms with Gasteiger partial charge in [-0.25, -0.2) is 9.37 Å². The van der Waals surface area contributed by atoms with E-state index in [4.69, 9.17) is 4.98 Å². The van der Waals surface area contributed by atoms with Gasteiger partial charge in [-0.05, 0) is 31.4 Å². The predicted octanol–water partition coefficient (Wildman–Crippen LogP) is 3.08. The molecule has 2 aromatic rings. The van der Waals surface area contributed by atoms with E-state index in [0.717, 1.165) is 54.7 Å². The van der Waals surface area contributed by atoms with Crippen molar-refractivity contribution in [2.24, 2.45) is 5.92 Å². The van der Waals surface area contributed by atoms with E-state index < -0.39 is 5.82 Å². The molecule has 1 fully saturated rings. The number of amides is 2. The molecule has 154 valence electrons. The van der Waals surface area contributed by atoms with Crippen molar-refractivity contribution in [3.05, 3.63) is 40.7 Å². The highest BCUT2D eigenvalue weighted by Crippen LogP contribution is 2.35. The maximum Gasteiger partial charge on any atom is 0.227 e. The third-order valence-electron chi connectivity index (χ3n) is 5.64. The summed E-state index contributed by atoms with van der Waals surface area (Å²) in [5, 5.41) is 3.70. The Balaban J connectivity index is 1.38. The SMILES string of the molecule is CCC(=O)N1CCN(c2nc3c(s2)CC(C(=O)Nc2ccccc2F)CC3)CC1. The lowest BCUT2D eigenvalue weighted by Crippen LogP contribution is -2.48. The molecule has 1 atom stereocenters. The lowest BCUT2D eigenvalue weighted by atomic mass is 9.90. The topological polar surface area (TPSA) is 65.5 Å². The van der Waals surface area contributed by atoms with Crippen LogP contribution in [0.4, 0.5) is 15.2 Å². The monoisotopic (exact) mass is 416 g/mol. The molecule has 2 amide bonds. The summed E-state index contributed by atoms with van der Waals surface area (Å²) in [7, 11) is 0. The van der Waals surface area contributed by atoms with Gasteiger partial charge in [0.25, 0.3) is 0 Å². The standard InChI is InChI=1S/C21H25FN4O2S/c1-2-19(27)25-9-11-26(12-10-25)21-24-17-8-7-14(13-18(17)29-21)20(28)23-16-6-4-3-5-15(16)22/h3-6,14H,2,7-13H2,1H3,(H,23,28). The zero-order valence-corrected chi connectivity index (χ0v) is 17.3. The van der Waals surface area contributed by atoms with Crippen molar-refractivity contribution in [3.63, 3.8) is 0 Å². The van der Waals surface area contributed by atoms with Gasteiger partial charge < -0.3 is 15.1 Å².